The fraction of sp³-hybridized carbons (Fsp3) is 0.667. The van der Waals surface area contributed by atoms with E-state index in [0.29, 0.717) is 0 Å². The Balaban J connectivity index is -0.0000000337. The minimum atomic E-state index is 0. The predicted molar refractivity (Wildman–Crippen MR) is 37.1 cm³/mol. The van der Waals surface area contributed by atoms with Crippen LogP contribution in [0.3, 0.4) is 0 Å². The molecule has 1 rings (SSSR count). The van der Waals surface area contributed by atoms with Gasteiger partial charge in [0.05, 0.1) is 0 Å². The third kappa shape index (κ3) is 16.2. The van der Waals surface area contributed by atoms with Crippen molar-refractivity contribution in [3.8, 4) is 0 Å². The molecular formula is C6H12Br2MgO. The summed E-state index contributed by atoms with van der Waals surface area (Å²) >= 11 is 0. The summed E-state index contributed by atoms with van der Waals surface area (Å²) in [5.41, 5.74) is 0. The Hall–Kier alpha value is 1.43. The van der Waals surface area contributed by atoms with E-state index in [1.54, 1.807) is 0 Å². The van der Waals surface area contributed by atoms with Crippen LogP contribution in [-0.4, -0.2) is 36.3 Å². The van der Waals surface area contributed by atoms with Crippen LogP contribution >= 0.6 is 0 Å². The van der Waals surface area contributed by atoms with Crippen molar-refractivity contribution in [2.45, 2.75) is 12.8 Å². The average Bonchev–Trinajstić information content (AvgIpc) is 2.23. The monoisotopic (exact) mass is 282 g/mol. The van der Waals surface area contributed by atoms with Gasteiger partial charge < -0.3 is 38.7 Å². The Morgan fingerprint density at radius 2 is 1.20 bits per heavy atom. The number of hydrogen-bond donors (Lipinski definition) is 0. The van der Waals surface area contributed by atoms with E-state index in [1.165, 1.54) is 12.8 Å². The van der Waals surface area contributed by atoms with Crippen LogP contribution in [0.1, 0.15) is 12.8 Å². The maximum atomic E-state index is 4.94. The summed E-state index contributed by atoms with van der Waals surface area (Å²) in [4.78, 5) is 0. The van der Waals surface area contributed by atoms with E-state index in [0.717, 1.165) is 13.2 Å². The molecule has 1 heterocycles. The van der Waals surface area contributed by atoms with E-state index in [-0.39, 0.29) is 57.0 Å². The Labute approximate surface area is 100 Å². The zero-order valence-corrected chi connectivity index (χ0v) is 10.7. The van der Waals surface area contributed by atoms with E-state index in [1.807, 2.05) is 0 Å². The molecule has 1 nitrogen and oxygen atoms in total. The van der Waals surface area contributed by atoms with Crippen molar-refractivity contribution >= 4 is 23.1 Å². The van der Waals surface area contributed by atoms with Crippen molar-refractivity contribution in [2.75, 3.05) is 13.2 Å². The molecule has 1 fully saturated rings. The van der Waals surface area contributed by atoms with Gasteiger partial charge in [-0.15, -0.1) is 13.2 Å². The van der Waals surface area contributed by atoms with Gasteiger partial charge in [-0.1, -0.05) is 0 Å². The molecule has 0 N–H and O–H groups in total. The molecule has 0 aromatic carbocycles. The van der Waals surface area contributed by atoms with Gasteiger partial charge in [-0.2, -0.15) is 0 Å². The maximum absolute atomic E-state index is 4.94. The Morgan fingerprint density at radius 1 is 0.900 bits per heavy atom. The van der Waals surface area contributed by atoms with Crippen molar-refractivity contribution in [1.29, 1.82) is 0 Å². The van der Waals surface area contributed by atoms with Crippen molar-refractivity contribution in [1.82, 2.24) is 0 Å². The van der Waals surface area contributed by atoms with E-state index in [4.69, 9.17) is 4.74 Å². The SMILES string of the molecule is C1CCOC1.C=C.[Br-].[Br-].[Mg+2]. The van der Waals surface area contributed by atoms with Gasteiger partial charge in [0.25, 0.3) is 0 Å². The normalized spacial score (nSPS) is 12.4. The van der Waals surface area contributed by atoms with Crippen LogP contribution in [-0.2, 0) is 4.74 Å². The van der Waals surface area contributed by atoms with Gasteiger partial charge in [-0.3, -0.25) is 0 Å². The zero-order chi connectivity index (χ0) is 5.54. The molecule has 0 bridgehead atoms. The molecule has 0 amide bonds. The van der Waals surface area contributed by atoms with Crippen LogP contribution in [0.5, 0.6) is 0 Å². The standard InChI is InChI=1S/C4H8O.C2H4.2BrH.Mg/c1-2-4-5-3-1;1-2;;;/h1-4H2;1-2H2;2*1H;/q;;;;+2/p-2. The van der Waals surface area contributed by atoms with Gasteiger partial charge in [0.15, 0.2) is 0 Å². The third-order valence-corrected chi connectivity index (χ3v) is 0.827. The minimum absolute atomic E-state index is 0. The van der Waals surface area contributed by atoms with Crippen molar-refractivity contribution < 1.29 is 38.7 Å². The largest absolute Gasteiger partial charge is 2.00 e. The molecule has 58 valence electrons. The van der Waals surface area contributed by atoms with E-state index in [9.17, 15) is 0 Å². The van der Waals surface area contributed by atoms with Crippen LogP contribution in [0.15, 0.2) is 13.2 Å². The maximum Gasteiger partial charge on any atom is 2.00 e. The molecule has 1 saturated heterocycles. The quantitative estimate of drug-likeness (QED) is 0.321. The molecular weight excluding hydrogens is 272 g/mol. The number of ether oxygens (including phenoxy) is 1. The first-order valence-electron chi connectivity index (χ1n) is 2.58. The summed E-state index contributed by atoms with van der Waals surface area (Å²) in [6.45, 7) is 8.00. The van der Waals surface area contributed by atoms with Crippen molar-refractivity contribution in [2.24, 2.45) is 0 Å². The summed E-state index contributed by atoms with van der Waals surface area (Å²) in [6.07, 6.45) is 2.56. The molecule has 0 unspecified atom stereocenters. The van der Waals surface area contributed by atoms with E-state index in [2.05, 4.69) is 13.2 Å². The summed E-state index contributed by atoms with van der Waals surface area (Å²) in [5, 5.41) is 0. The average molecular weight is 284 g/mol. The molecule has 0 saturated carbocycles. The molecule has 0 radical (unpaired) electrons. The summed E-state index contributed by atoms with van der Waals surface area (Å²) < 4.78 is 4.94. The number of rotatable bonds is 0. The second-order valence-corrected chi connectivity index (χ2v) is 1.32. The molecule has 0 aromatic heterocycles. The number of halogens is 2. The molecule has 0 aromatic rings. The van der Waals surface area contributed by atoms with Crippen LogP contribution in [0.4, 0.5) is 0 Å². The molecule has 1 aliphatic heterocycles. The van der Waals surface area contributed by atoms with Gasteiger partial charge in [-0.05, 0) is 12.8 Å². The van der Waals surface area contributed by atoms with Crippen LogP contribution in [0, 0.1) is 0 Å². The molecule has 4 heteroatoms. The summed E-state index contributed by atoms with van der Waals surface area (Å²) in [5.74, 6) is 0. The van der Waals surface area contributed by atoms with Gasteiger partial charge >= 0.3 is 23.1 Å². The first-order chi connectivity index (χ1) is 3.50. The molecule has 0 spiro atoms. The number of hydrogen-bond acceptors (Lipinski definition) is 1. The van der Waals surface area contributed by atoms with Crippen molar-refractivity contribution in [3.05, 3.63) is 13.2 Å². The van der Waals surface area contributed by atoms with Gasteiger partial charge in [0.1, 0.15) is 0 Å². The fourth-order valence-corrected chi connectivity index (χ4v) is 0.510. The second-order valence-electron chi connectivity index (χ2n) is 1.32. The van der Waals surface area contributed by atoms with Crippen LogP contribution in [0.2, 0.25) is 0 Å². The van der Waals surface area contributed by atoms with Crippen LogP contribution < -0.4 is 34.0 Å². The first kappa shape index (κ1) is 22.5. The van der Waals surface area contributed by atoms with Crippen LogP contribution in [0.25, 0.3) is 0 Å². The second kappa shape index (κ2) is 22.4. The minimum Gasteiger partial charge on any atom is -1.00 e. The topological polar surface area (TPSA) is 9.23 Å². The van der Waals surface area contributed by atoms with Crippen molar-refractivity contribution in [3.63, 3.8) is 0 Å². The summed E-state index contributed by atoms with van der Waals surface area (Å²) in [7, 11) is 0. The molecule has 0 aliphatic carbocycles. The van der Waals surface area contributed by atoms with Gasteiger partial charge in [0.2, 0.25) is 0 Å². The third-order valence-electron chi connectivity index (χ3n) is 0.827. The smallest absolute Gasteiger partial charge is 1.00 e. The van der Waals surface area contributed by atoms with E-state index >= 15 is 0 Å². The molecule has 1 aliphatic rings. The Morgan fingerprint density at radius 3 is 1.30 bits per heavy atom. The van der Waals surface area contributed by atoms with Gasteiger partial charge in [0, 0.05) is 13.2 Å². The molecule has 10 heavy (non-hydrogen) atoms. The summed E-state index contributed by atoms with van der Waals surface area (Å²) in [6, 6.07) is 0. The first-order valence-corrected chi connectivity index (χ1v) is 2.58. The Kier molecular flexibility index (Phi) is 50.5. The Bertz CT molecular complexity index is 35.1. The predicted octanol–water partition coefficient (Wildman–Crippen LogP) is -4.77. The fourth-order valence-electron chi connectivity index (χ4n) is 0.510. The van der Waals surface area contributed by atoms with Gasteiger partial charge in [-0.25, -0.2) is 0 Å². The van der Waals surface area contributed by atoms with E-state index < -0.39 is 0 Å². The zero-order valence-electron chi connectivity index (χ0n) is 6.11. The molecule has 0 atom stereocenters.